The lowest BCUT2D eigenvalue weighted by molar-refractivity contribution is -0.117. The van der Waals surface area contributed by atoms with Gasteiger partial charge in [-0.1, -0.05) is 12.1 Å². The van der Waals surface area contributed by atoms with Gasteiger partial charge >= 0.3 is 0 Å². The number of halogens is 1. The second-order valence-electron chi connectivity index (χ2n) is 6.83. The van der Waals surface area contributed by atoms with Crippen LogP contribution in [-0.4, -0.2) is 42.6 Å². The van der Waals surface area contributed by atoms with E-state index >= 15 is 0 Å². The predicted molar refractivity (Wildman–Crippen MR) is 99.0 cm³/mol. The van der Waals surface area contributed by atoms with Gasteiger partial charge in [0.05, 0.1) is 24.3 Å². The molecule has 0 aliphatic carbocycles. The zero-order valence-electron chi connectivity index (χ0n) is 14.9. The van der Waals surface area contributed by atoms with E-state index in [2.05, 4.69) is 14.9 Å². The number of carbonyl (C=O) groups excluding carboxylic acids is 1. The van der Waals surface area contributed by atoms with E-state index in [9.17, 15) is 9.18 Å². The molecule has 0 bridgehead atoms. The van der Waals surface area contributed by atoms with Gasteiger partial charge in [-0.25, -0.2) is 14.4 Å². The van der Waals surface area contributed by atoms with Crippen molar-refractivity contribution in [3.63, 3.8) is 0 Å². The summed E-state index contributed by atoms with van der Waals surface area (Å²) in [6.07, 6.45) is 5.04. The number of amides is 1. The molecule has 0 atom stereocenters. The number of aromatic nitrogens is 2. The topological polar surface area (TPSA) is 52.6 Å². The third-order valence-electron chi connectivity index (χ3n) is 5.05. The number of likely N-dealkylation sites (N-methyl/N-ethyl adjacent to an activating group) is 1. The van der Waals surface area contributed by atoms with Crippen LogP contribution in [0.5, 0.6) is 0 Å². The molecule has 1 aromatic carbocycles. The molecule has 0 saturated carbocycles. The number of hydrogen-bond acceptors (Lipinski definition) is 5. The summed E-state index contributed by atoms with van der Waals surface area (Å²) < 4.78 is 14.4. The smallest absolute Gasteiger partial charge is 0.246 e. The summed E-state index contributed by atoms with van der Waals surface area (Å²) in [5, 5.41) is 0. The van der Waals surface area contributed by atoms with Crippen molar-refractivity contribution in [1.29, 1.82) is 0 Å². The highest BCUT2D eigenvalue weighted by Gasteiger charge is 2.30. The van der Waals surface area contributed by atoms with Gasteiger partial charge in [-0.05, 0) is 31.4 Å². The molecule has 2 aliphatic rings. The number of hydrogen-bond donors (Lipinski definition) is 0. The van der Waals surface area contributed by atoms with Crippen molar-refractivity contribution in [1.82, 2.24) is 9.97 Å². The molecule has 26 heavy (non-hydrogen) atoms. The van der Waals surface area contributed by atoms with Crippen LogP contribution in [0.15, 0.2) is 30.6 Å². The first-order chi connectivity index (χ1) is 12.6. The van der Waals surface area contributed by atoms with Crippen molar-refractivity contribution in [3.05, 3.63) is 42.0 Å². The Morgan fingerprint density at radius 1 is 1.00 bits per heavy atom. The first-order valence-corrected chi connectivity index (χ1v) is 9.00. The molecule has 0 radical (unpaired) electrons. The van der Waals surface area contributed by atoms with Crippen molar-refractivity contribution in [2.24, 2.45) is 0 Å². The molecule has 7 heteroatoms. The zero-order chi connectivity index (χ0) is 18.1. The Labute approximate surface area is 152 Å². The average Bonchev–Trinajstić information content (AvgIpc) is 2.79. The second-order valence-corrected chi connectivity index (χ2v) is 6.83. The van der Waals surface area contributed by atoms with Gasteiger partial charge in [-0.3, -0.25) is 4.79 Å². The lowest BCUT2D eigenvalue weighted by atomic mass is 10.1. The Morgan fingerprint density at radius 2 is 1.73 bits per heavy atom. The standard InChI is InChI=1S/C19H22FN5O/c1-23-12-17(26)25(16-8-4-3-7-15(16)20)11-14-18(23)21-13-22-19(14)24-9-5-2-6-10-24/h3-4,7-8,13H,2,5-6,9-12H2,1H3. The van der Waals surface area contributed by atoms with Crippen LogP contribution < -0.4 is 14.7 Å². The fourth-order valence-corrected chi connectivity index (χ4v) is 3.74. The van der Waals surface area contributed by atoms with Gasteiger partial charge in [0.15, 0.2) is 0 Å². The molecule has 2 aliphatic heterocycles. The quantitative estimate of drug-likeness (QED) is 0.829. The fourth-order valence-electron chi connectivity index (χ4n) is 3.74. The van der Waals surface area contributed by atoms with Gasteiger partial charge < -0.3 is 14.7 Å². The molecule has 0 N–H and O–H groups in total. The molecule has 0 spiro atoms. The number of piperidine rings is 1. The van der Waals surface area contributed by atoms with E-state index in [4.69, 9.17) is 0 Å². The molecule has 1 fully saturated rings. The van der Waals surface area contributed by atoms with Gasteiger partial charge in [0.1, 0.15) is 23.8 Å². The molecule has 2 aromatic rings. The summed E-state index contributed by atoms with van der Waals surface area (Å²) in [6, 6.07) is 6.39. The van der Waals surface area contributed by atoms with Crippen molar-refractivity contribution in [3.8, 4) is 0 Å². The molecule has 6 nitrogen and oxygen atoms in total. The minimum atomic E-state index is -0.400. The van der Waals surface area contributed by atoms with Crippen molar-refractivity contribution >= 4 is 23.2 Å². The molecule has 0 unspecified atom stereocenters. The lowest BCUT2D eigenvalue weighted by Crippen LogP contribution is -2.36. The zero-order valence-corrected chi connectivity index (χ0v) is 14.9. The second kappa shape index (κ2) is 6.90. The third-order valence-corrected chi connectivity index (χ3v) is 5.05. The van der Waals surface area contributed by atoms with E-state index in [0.29, 0.717) is 5.69 Å². The van der Waals surface area contributed by atoms with Crippen molar-refractivity contribution < 1.29 is 9.18 Å². The number of anilines is 3. The third kappa shape index (κ3) is 2.98. The number of fused-ring (bicyclic) bond motifs is 1. The molecular weight excluding hydrogens is 333 g/mol. The Bertz CT molecular complexity index is 821. The van der Waals surface area contributed by atoms with Crippen LogP contribution in [0.4, 0.5) is 21.7 Å². The maximum absolute atomic E-state index is 14.4. The number of benzene rings is 1. The first kappa shape index (κ1) is 16.8. The molecule has 136 valence electrons. The molecule has 1 aromatic heterocycles. The van der Waals surface area contributed by atoms with Gasteiger partial charge in [-0.15, -0.1) is 0 Å². The molecule has 3 heterocycles. The fraction of sp³-hybridized carbons (Fsp3) is 0.421. The summed E-state index contributed by atoms with van der Waals surface area (Å²) in [6.45, 7) is 2.31. The lowest BCUT2D eigenvalue weighted by Gasteiger charge is -2.31. The van der Waals surface area contributed by atoms with Crippen LogP contribution in [-0.2, 0) is 11.3 Å². The van der Waals surface area contributed by atoms with E-state index in [1.54, 1.807) is 24.5 Å². The number of nitrogens with zero attached hydrogens (tertiary/aromatic N) is 5. The highest BCUT2D eigenvalue weighted by molar-refractivity contribution is 5.98. The van der Waals surface area contributed by atoms with Crippen LogP contribution in [0.25, 0.3) is 0 Å². The average molecular weight is 355 g/mol. The summed E-state index contributed by atoms with van der Waals surface area (Å²) in [5.41, 5.74) is 1.18. The number of para-hydroxylation sites is 1. The van der Waals surface area contributed by atoms with Crippen LogP contribution in [0.1, 0.15) is 24.8 Å². The maximum Gasteiger partial charge on any atom is 0.246 e. The molecule has 1 amide bonds. The van der Waals surface area contributed by atoms with Gasteiger partial charge in [-0.2, -0.15) is 0 Å². The monoisotopic (exact) mass is 355 g/mol. The highest BCUT2D eigenvalue weighted by Crippen LogP contribution is 2.33. The van der Waals surface area contributed by atoms with Crippen molar-refractivity contribution in [2.75, 3.05) is 41.4 Å². The van der Waals surface area contributed by atoms with Gasteiger partial charge in [0, 0.05) is 20.1 Å². The maximum atomic E-state index is 14.4. The van der Waals surface area contributed by atoms with Crippen LogP contribution in [0.2, 0.25) is 0 Å². The van der Waals surface area contributed by atoms with Crippen LogP contribution >= 0.6 is 0 Å². The Kier molecular flexibility index (Phi) is 4.44. The molecular formula is C19H22FN5O. The summed E-state index contributed by atoms with van der Waals surface area (Å²) in [7, 11) is 1.84. The largest absolute Gasteiger partial charge is 0.356 e. The normalized spacial score (nSPS) is 17.9. The minimum absolute atomic E-state index is 0.151. The van der Waals surface area contributed by atoms with Crippen LogP contribution in [0.3, 0.4) is 0 Å². The van der Waals surface area contributed by atoms with E-state index in [1.807, 2.05) is 11.9 Å². The van der Waals surface area contributed by atoms with Gasteiger partial charge in [0.2, 0.25) is 5.91 Å². The van der Waals surface area contributed by atoms with E-state index < -0.39 is 5.82 Å². The minimum Gasteiger partial charge on any atom is -0.356 e. The van der Waals surface area contributed by atoms with Gasteiger partial charge in [0.25, 0.3) is 0 Å². The number of rotatable bonds is 2. The van der Waals surface area contributed by atoms with Crippen molar-refractivity contribution in [2.45, 2.75) is 25.8 Å². The van der Waals surface area contributed by atoms with E-state index in [0.717, 1.165) is 43.1 Å². The Balaban J connectivity index is 1.78. The molecule has 1 saturated heterocycles. The van der Waals surface area contributed by atoms with Crippen LogP contribution in [0, 0.1) is 5.82 Å². The Hall–Kier alpha value is -2.70. The predicted octanol–water partition coefficient (Wildman–Crippen LogP) is 2.59. The first-order valence-electron chi connectivity index (χ1n) is 9.00. The molecule has 4 rings (SSSR count). The van der Waals surface area contributed by atoms with E-state index in [-0.39, 0.29) is 19.0 Å². The summed E-state index contributed by atoms with van der Waals surface area (Å²) >= 11 is 0. The van der Waals surface area contributed by atoms with E-state index in [1.165, 1.54) is 17.4 Å². The highest BCUT2D eigenvalue weighted by atomic mass is 19.1. The SMILES string of the molecule is CN1CC(=O)N(c2ccccc2F)Cc2c1ncnc2N1CCCCC1. The summed E-state index contributed by atoms with van der Waals surface area (Å²) in [5.74, 6) is 1.05. The summed E-state index contributed by atoms with van der Waals surface area (Å²) in [4.78, 5) is 27.3. The Morgan fingerprint density at radius 3 is 2.50 bits per heavy atom. The number of carbonyl (C=O) groups is 1.